The molecule has 2 aromatic rings. The first-order chi connectivity index (χ1) is 7.33. The molecule has 0 amide bonds. The van der Waals surface area contributed by atoms with Gasteiger partial charge in [0.25, 0.3) is 0 Å². The van der Waals surface area contributed by atoms with E-state index in [2.05, 4.69) is 17.1 Å². The van der Waals surface area contributed by atoms with Gasteiger partial charge in [-0.25, -0.2) is 0 Å². The van der Waals surface area contributed by atoms with Crippen LogP contribution in [0.15, 0.2) is 39.7 Å². The van der Waals surface area contributed by atoms with Gasteiger partial charge < -0.3 is 10.2 Å². The first-order valence-corrected chi connectivity index (χ1v) is 5.10. The lowest BCUT2D eigenvalue weighted by molar-refractivity contribution is 0.508. The third-order valence-electron chi connectivity index (χ3n) is 2.82. The molecule has 2 N–H and O–H groups in total. The topological polar surface area (TPSA) is 51.5 Å². The number of rotatable bonds is 1. The fourth-order valence-corrected chi connectivity index (χ4v) is 2.00. The number of nitrogens with zero attached hydrogens (tertiary/aromatic N) is 1. The monoisotopic (exact) mass is 236 g/mol. The predicted molar refractivity (Wildman–Crippen MR) is 67.3 cm³/mol. The Morgan fingerprint density at radius 3 is 2.81 bits per heavy atom. The van der Waals surface area contributed by atoms with Gasteiger partial charge in [-0.05, 0) is 12.1 Å². The van der Waals surface area contributed by atoms with Gasteiger partial charge in [0.05, 0.1) is 12.4 Å². The predicted octanol–water partition coefficient (Wildman–Crippen LogP) is 2.70. The minimum absolute atomic E-state index is 0. The van der Waals surface area contributed by atoms with Crippen LogP contribution < -0.4 is 5.73 Å². The van der Waals surface area contributed by atoms with Crippen LogP contribution in [0.1, 0.15) is 18.1 Å². The molecule has 84 valence electrons. The van der Waals surface area contributed by atoms with Gasteiger partial charge in [-0.1, -0.05) is 18.2 Å². The van der Waals surface area contributed by atoms with Gasteiger partial charge in [-0.15, -0.1) is 12.4 Å². The molecule has 0 fully saturated rings. The quantitative estimate of drug-likeness (QED) is 0.828. The van der Waals surface area contributed by atoms with Gasteiger partial charge in [0, 0.05) is 17.7 Å². The number of para-hydroxylation sites is 1. The van der Waals surface area contributed by atoms with Gasteiger partial charge in [0.1, 0.15) is 11.3 Å². The van der Waals surface area contributed by atoms with Crippen LogP contribution in [0.3, 0.4) is 0 Å². The summed E-state index contributed by atoms with van der Waals surface area (Å²) in [5.74, 6) is 2.07. The van der Waals surface area contributed by atoms with Gasteiger partial charge in [0.15, 0.2) is 0 Å². The Bertz CT molecular complexity index is 500. The number of fused-ring (bicyclic) bond motifs is 1. The maximum Gasteiger partial charge on any atom is 0.134 e. The molecule has 1 aliphatic heterocycles. The molecule has 3 nitrogen and oxygen atoms in total. The SMILES string of the molecule is Cl.NC1=NCC(c2cc3ccccc3o2)C1. The van der Waals surface area contributed by atoms with Crippen LogP contribution in [-0.4, -0.2) is 12.4 Å². The molecule has 2 heterocycles. The van der Waals surface area contributed by atoms with E-state index in [1.807, 2.05) is 18.2 Å². The molecule has 0 saturated heterocycles. The molecule has 1 unspecified atom stereocenters. The zero-order valence-electron chi connectivity index (χ0n) is 8.72. The third kappa shape index (κ3) is 1.78. The second kappa shape index (κ2) is 4.18. The minimum atomic E-state index is 0. The Hall–Kier alpha value is -1.48. The van der Waals surface area contributed by atoms with E-state index in [1.54, 1.807) is 0 Å². The van der Waals surface area contributed by atoms with Crippen LogP contribution in [0, 0.1) is 0 Å². The molecule has 1 atom stereocenters. The van der Waals surface area contributed by atoms with Crippen molar-refractivity contribution in [1.82, 2.24) is 0 Å². The van der Waals surface area contributed by atoms with E-state index in [-0.39, 0.29) is 12.4 Å². The summed E-state index contributed by atoms with van der Waals surface area (Å²) in [6.07, 6.45) is 0.819. The van der Waals surface area contributed by atoms with Crippen molar-refractivity contribution in [1.29, 1.82) is 0 Å². The Labute approximate surface area is 99.7 Å². The van der Waals surface area contributed by atoms with Crippen LogP contribution in [0.2, 0.25) is 0 Å². The van der Waals surface area contributed by atoms with Crippen molar-refractivity contribution >= 4 is 29.2 Å². The lowest BCUT2D eigenvalue weighted by atomic mass is 10.0. The molecule has 1 aromatic heterocycles. The number of nitrogens with two attached hydrogens (primary N) is 1. The lowest BCUT2D eigenvalue weighted by Crippen LogP contribution is -2.08. The molecule has 0 radical (unpaired) electrons. The molecular formula is C12H13ClN2O. The van der Waals surface area contributed by atoms with E-state index in [4.69, 9.17) is 10.2 Å². The minimum Gasteiger partial charge on any atom is -0.461 e. The second-order valence-electron chi connectivity index (χ2n) is 3.92. The van der Waals surface area contributed by atoms with Crippen molar-refractivity contribution in [3.63, 3.8) is 0 Å². The lowest BCUT2D eigenvalue weighted by Gasteiger charge is -2.02. The first-order valence-electron chi connectivity index (χ1n) is 5.10. The highest BCUT2D eigenvalue weighted by atomic mass is 35.5. The largest absolute Gasteiger partial charge is 0.461 e. The number of furan rings is 1. The van der Waals surface area contributed by atoms with E-state index >= 15 is 0 Å². The summed E-state index contributed by atoms with van der Waals surface area (Å²) in [6.45, 7) is 0.756. The highest BCUT2D eigenvalue weighted by molar-refractivity contribution is 5.85. The van der Waals surface area contributed by atoms with Crippen LogP contribution in [0.5, 0.6) is 0 Å². The molecule has 3 rings (SSSR count). The highest BCUT2D eigenvalue weighted by Crippen LogP contribution is 2.29. The van der Waals surface area contributed by atoms with E-state index < -0.39 is 0 Å². The van der Waals surface area contributed by atoms with Crippen molar-refractivity contribution in [3.05, 3.63) is 36.1 Å². The van der Waals surface area contributed by atoms with Crippen molar-refractivity contribution in [2.24, 2.45) is 10.7 Å². The van der Waals surface area contributed by atoms with Crippen molar-refractivity contribution in [2.45, 2.75) is 12.3 Å². The van der Waals surface area contributed by atoms with E-state index in [1.165, 1.54) is 0 Å². The zero-order valence-corrected chi connectivity index (χ0v) is 9.54. The first kappa shape index (κ1) is 11.0. The average Bonchev–Trinajstić information content (AvgIpc) is 2.82. The number of hydrogen-bond donors (Lipinski definition) is 1. The normalized spacial score (nSPS) is 19.5. The number of aliphatic imine (C=N–C) groups is 1. The smallest absolute Gasteiger partial charge is 0.134 e. The second-order valence-corrected chi connectivity index (χ2v) is 3.92. The van der Waals surface area contributed by atoms with E-state index in [9.17, 15) is 0 Å². The van der Waals surface area contributed by atoms with E-state index in [0.29, 0.717) is 5.92 Å². The Balaban J connectivity index is 0.000000963. The summed E-state index contributed by atoms with van der Waals surface area (Å²) in [5, 5.41) is 1.15. The standard InChI is InChI=1S/C12H12N2O.ClH/c13-12-6-9(7-14-12)11-5-8-3-1-2-4-10(8)15-11;/h1-5,9H,6-7H2,(H2,13,14);1H. The van der Waals surface area contributed by atoms with Crippen molar-refractivity contribution in [2.75, 3.05) is 6.54 Å². The summed E-state index contributed by atoms with van der Waals surface area (Å²) >= 11 is 0. The molecule has 0 spiro atoms. The number of amidine groups is 1. The fourth-order valence-electron chi connectivity index (χ4n) is 2.00. The summed E-state index contributed by atoms with van der Waals surface area (Å²) in [5.41, 5.74) is 6.61. The maximum atomic E-state index is 5.77. The molecule has 16 heavy (non-hydrogen) atoms. The van der Waals surface area contributed by atoms with Crippen molar-refractivity contribution < 1.29 is 4.42 Å². The molecule has 0 saturated carbocycles. The summed E-state index contributed by atoms with van der Waals surface area (Å²) in [6, 6.07) is 10.1. The maximum absolute atomic E-state index is 5.77. The van der Waals surface area contributed by atoms with Gasteiger partial charge in [0.2, 0.25) is 0 Å². The molecule has 1 aliphatic rings. The molecule has 0 aliphatic carbocycles. The van der Waals surface area contributed by atoms with Crippen LogP contribution in [0.4, 0.5) is 0 Å². The van der Waals surface area contributed by atoms with Crippen LogP contribution in [0.25, 0.3) is 11.0 Å². The Morgan fingerprint density at radius 1 is 1.31 bits per heavy atom. The number of halogens is 1. The van der Waals surface area contributed by atoms with Crippen molar-refractivity contribution in [3.8, 4) is 0 Å². The van der Waals surface area contributed by atoms with Crippen LogP contribution >= 0.6 is 12.4 Å². The number of benzene rings is 1. The third-order valence-corrected chi connectivity index (χ3v) is 2.82. The summed E-state index contributed by atoms with van der Waals surface area (Å²) in [7, 11) is 0. The molecular weight excluding hydrogens is 224 g/mol. The van der Waals surface area contributed by atoms with E-state index in [0.717, 1.165) is 35.5 Å². The van der Waals surface area contributed by atoms with Gasteiger partial charge >= 0.3 is 0 Å². The Morgan fingerprint density at radius 2 is 2.12 bits per heavy atom. The molecule has 4 heteroatoms. The summed E-state index contributed by atoms with van der Waals surface area (Å²) < 4.78 is 5.77. The highest BCUT2D eigenvalue weighted by Gasteiger charge is 2.21. The number of hydrogen-bond acceptors (Lipinski definition) is 3. The van der Waals surface area contributed by atoms with Gasteiger partial charge in [-0.3, -0.25) is 4.99 Å². The zero-order chi connectivity index (χ0) is 10.3. The molecule has 0 bridgehead atoms. The Kier molecular flexibility index (Phi) is 2.88. The van der Waals surface area contributed by atoms with Crippen LogP contribution in [-0.2, 0) is 0 Å². The average molecular weight is 237 g/mol. The molecule has 1 aromatic carbocycles. The summed E-state index contributed by atoms with van der Waals surface area (Å²) in [4.78, 5) is 4.20. The fraction of sp³-hybridized carbons (Fsp3) is 0.250. The van der Waals surface area contributed by atoms with Gasteiger partial charge in [-0.2, -0.15) is 0 Å².